The van der Waals surface area contributed by atoms with Gasteiger partial charge in [-0.1, -0.05) is 6.07 Å². The van der Waals surface area contributed by atoms with Gasteiger partial charge in [-0.15, -0.1) is 11.3 Å². The van der Waals surface area contributed by atoms with Gasteiger partial charge in [-0.3, -0.25) is 4.79 Å². The number of carbonyl (C=O) groups is 1. The quantitative estimate of drug-likeness (QED) is 0.817. The number of amides is 1. The van der Waals surface area contributed by atoms with E-state index in [4.69, 9.17) is 0 Å². The van der Waals surface area contributed by atoms with E-state index in [-0.39, 0.29) is 5.91 Å². The lowest BCUT2D eigenvalue weighted by atomic mass is 10.2. The van der Waals surface area contributed by atoms with Gasteiger partial charge < -0.3 is 10.6 Å². The Morgan fingerprint density at radius 3 is 3.25 bits per heavy atom. The van der Waals surface area contributed by atoms with Crippen molar-refractivity contribution in [2.24, 2.45) is 0 Å². The van der Waals surface area contributed by atoms with Crippen LogP contribution in [0.5, 0.6) is 0 Å². The van der Waals surface area contributed by atoms with Crippen molar-refractivity contribution in [3.63, 3.8) is 0 Å². The number of aryl methyl sites for hydroxylation is 1. The molecule has 1 aromatic rings. The van der Waals surface area contributed by atoms with E-state index >= 15 is 0 Å². The first-order valence-corrected chi connectivity index (χ1v) is 6.75. The van der Waals surface area contributed by atoms with Crippen LogP contribution in [0.25, 0.3) is 0 Å². The highest BCUT2D eigenvalue weighted by Crippen LogP contribution is 2.11. The van der Waals surface area contributed by atoms with Gasteiger partial charge in [-0.2, -0.15) is 0 Å². The van der Waals surface area contributed by atoms with Crippen molar-refractivity contribution in [2.75, 3.05) is 13.1 Å². The molecule has 0 bridgehead atoms. The molecule has 2 N–H and O–H groups in total. The number of carbonyl (C=O) groups excluding carboxylic acids is 1. The zero-order chi connectivity index (χ0) is 11.2. The Hall–Kier alpha value is -0.870. The largest absolute Gasteiger partial charge is 0.352 e. The summed E-state index contributed by atoms with van der Waals surface area (Å²) < 4.78 is 0. The topological polar surface area (TPSA) is 41.1 Å². The van der Waals surface area contributed by atoms with Crippen LogP contribution in [-0.2, 0) is 11.2 Å². The Labute approximate surface area is 100 Å². The minimum Gasteiger partial charge on any atom is -0.352 e. The molecule has 1 saturated heterocycles. The zero-order valence-electron chi connectivity index (χ0n) is 9.37. The molecule has 88 valence electrons. The number of nitrogens with one attached hydrogen (secondary N) is 2. The van der Waals surface area contributed by atoms with Crippen molar-refractivity contribution < 1.29 is 4.79 Å². The highest BCUT2D eigenvalue weighted by atomic mass is 32.1. The van der Waals surface area contributed by atoms with E-state index in [0.29, 0.717) is 12.5 Å². The number of hydrogen-bond acceptors (Lipinski definition) is 3. The maximum Gasteiger partial charge on any atom is 0.220 e. The van der Waals surface area contributed by atoms with Gasteiger partial charge in [0.25, 0.3) is 0 Å². The normalized spacial score (nSPS) is 19.9. The SMILES string of the molecule is O=C(CCCc1cccs1)NC1CCNC1. The van der Waals surface area contributed by atoms with Gasteiger partial charge in [0.1, 0.15) is 0 Å². The molecule has 2 rings (SSSR count). The minimum atomic E-state index is 0.199. The van der Waals surface area contributed by atoms with Crippen LogP contribution in [0.2, 0.25) is 0 Å². The van der Waals surface area contributed by atoms with Crippen LogP contribution in [0.15, 0.2) is 17.5 Å². The Kier molecular flexibility index (Phi) is 4.36. The average molecular weight is 238 g/mol. The highest BCUT2D eigenvalue weighted by Gasteiger charge is 2.15. The van der Waals surface area contributed by atoms with Crippen LogP contribution in [0.4, 0.5) is 0 Å². The van der Waals surface area contributed by atoms with Crippen LogP contribution in [0.3, 0.4) is 0 Å². The molecule has 2 heterocycles. The predicted molar refractivity (Wildman–Crippen MR) is 66.7 cm³/mol. The van der Waals surface area contributed by atoms with Gasteiger partial charge >= 0.3 is 0 Å². The second kappa shape index (κ2) is 6.01. The Morgan fingerprint density at radius 2 is 2.56 bits per heavy atom. The van der Waals surface area contributed by atoms with Gasteiger partial charge in [0.15, 0.2) is 0 Å². The number of thiophene rings is 1. The molecular formula is C12H18N2OS. The lowest BCUT2D eigenvalue weighted by molar-refractivity contribution is -0.121. The van der Waals surface area contributed by atoms with Crippen molar-refractivity contribution in [1.82, 2.24) is 10.6 Å². The van der Waals surface area contributed by atoms with Gasteiger partial charge in [0.05, 0.1) is 0 Å². The van der Waals surface area contributed by atoms with Crippen molar-refractivity contribution >= 4 is 17.2 Å². The van der Waals surface area contributed by atoms with Crippen LogP contribution in [-0.4, -0.2) is 25.0 Å². The summed E-state index contributed by atoms with van der Waals surface area (Å²) in [6.07, 6.45) is 3.69. The molecule has 1 aromatic heterocycles. The average Bonchev–Trinajstić information content (AvgIpc) is 2.90. The summed E-state index contributed by atoms with van der Waals surface area (Å²) in [7, 11) is 0. The fourth-order valence-electron chi connectivity index (χ4n) is 1.96. The number of hydrogen-bond donors (Lipinski definition) is 2. The molecule has 4 heteroatoms. The van der Waals surface area contributed by atoms with E-state index in [2.05, 4.69) is 28.1 Å². The third-order valence-electron chi connectivity index (χ3n) is 2.83. The third kappa shape index (κ3) is 3.61. The van der Waals surface area contributed by atoms with E-state index in [1.807, 2.05) is 0 Å². The first-order valence-electron chi connectivity index (χ1n) is 5.87. The first-order chi connectivity index (χ1) is 7.84. The van der Waals surface area contributed by atoms with E-state index in [9.17, 15) is 4.79 Å². The highest BCUT2D eigenvalue weighted by molar-refractivity contribution is 7.09. The van der Waals surface area contributed by atoms with Crippen LogP contribution < -0.4 is 10.6 Å². The van der Waals surface area contributed by atoms with Crippen LogP contribution in [0, 0.1) is 0 Å². The summed E-state index contributed by atoms with van der Waals surface area (Å²) in [5.74, 6) is 0.199. The fourth-order valence-corrected chi connectivity index (χ4v) is 2.71. The van der Waals surface area contributed by atoms with E-state index in [0.717, 1.165) is 32.4 Å². The monoisotopic (exact) mass is 238 g/mol. The van der Waals surface area contributed by atoms with Crippen molar-refractivity contribution in [3.8, 4) is 0 Å². The molecule has 1 fully saturated rings. The zero-order valence-corrected chi connectivity index (χ0v) is 10.2. The molecule has 1 amide bonds. The molecule has 0 aromatic carbocycles. The third-order valence-corrected chi connectivity index (χ3v) is 3.77. The summed E-state index contributed by atoms with van der Waals surface area (Å²) in [6, 6.07) is 4.54. The minimum absolute atomic E-state index is 0.199. The molecule has 1 atom stereocenters. The Bertz CT molecular complexity index is 318. The van der Waals surface area contributed by atoms with Gasteiger partial charge in [0.2, 0.25) is 5.91 Å². The molecule has 3 nitrogen and oxygen atoms in total. The van der Waals surface area contributed by atoms with Gasteiger partial charge in [0, 0.05) is 23.9 Å². The van der Waals surface area contributed by atoms with Crippen molar-refractivity contribution in [3.05, 3.63) is 22.4 Å². The predicted octanol–water partition coefficient (Wildman–Crippen LogP) is 1.55. The Balaban J connectivity index is 1.60. The second-order valence-corrected chi connectivity index (χ2v) is 5.22. The molecule has 0 aliphatic carbocycles. The summed E-state index contributed by atoms with van der Waals surface area (Å²) in [5.41, 5.74) is 0. The molecule has 0 radical (unpaired) electrons. The summed E-state index contributed by atoms with van der Waals surface area (Å²) in [6.45, 7) is 1.96. The molecule has 1 aliphatic rings. The molecule has 1 unspecified atom stereocenters. The van der Waals surface area contributed by atoms with Crippen LogP contribution in [0.1, 0.15) is 24.1 Å². The summed E-state index contributed by atoms with van der Waals surface area (Å²) >= 11 is 1.77. The first kappa shape index (κ1) is 11.6. The standard InChI is InChI=1S/C12H18N2OS/c15-12(14-10-6-7-13-9-10)5-1-3-11-4-2-8-16-11/h2,4,8,10,13H,1,3,5-7,9H2,(H,14,15). The maximum absolute atomic E-state index is 11.6. The van der Waals surface area contributed by atoms with Gasteiger partial charge in [-0.05, 0) is 37.3 Å². The molecule has 0 saturated carbocycles. The summed E-state index contributed by atoms with van der Waals surface area (Å²) in [5, 5.41) is 8.39. The molecule has 1 aliphatic heterocycles. The maximum atomic E-state index is 11.6. The van der Waals surface area contributed by atoms with E-state index < -0.39 is 0 Å². The van der Waals surface area contributed by atoms with E-state index in [1.165, 1.54) is 4.88 Å². The van der Waals surface area contributed by atoms with Crippen LogP contribution >= 0.6 is 11.3 Å². The van der Waals surface area contributed by atoms with E-state index in [1.54, 1.807) is 11.3 Å². The lowest BCUT2D eigenvalue weighted by Crippen LogP contribution is -2.36. The molecular weight excluding hydrogens is 220 g/mol. The van der Waals surface area contributed by atoms with Crippen molar-refractivity contribution in [1.29, 1.82) is 0 Å². The molecule has 0 spiro atoms. The fraction of sp³-hybridized carbons (Fsp3) is 0.583. The second-order valence-electron chi connectivity index (χ2n) is 4.19. The summed E-state index contributed by atoms with van der Waals surface area (Å²) in [4.78, 5) is 13.0. The molecule has 16 heavy (non-hydrogen) atoms. The van der Waals surface area contributed by atoms with Gasteiger partial charge in [-0.25, -0.2) is 0 Å². The smallest absolute Gasteiger partial charge is 0.220 e. The lowest BCUT2D eigenvalue weighted by Gasteiger charge is -2.10. The Morgan fingerprint density at radius 1 is 1.62 bits per heavy atom. The number of rotatable bonds is 5. The van der Waals surface area contributed by atoms with Crippen molar-refractivity contribution in [2.45, 2.75) is 31.7 Å².